The second-order valence-electron chi connectivity index (χ2n) is 9.51. The number of unbranched alkanes of at least 4 members (excludes halogenated alkanes) is 5. The Morgan fingerprint density at radius 2 is 1.70 bits per heavy atom. The SMILES string of the molecule is CCCCCCCCN1C(=O)C(=Cc2cn(-c3ccccc3)nc2-c2ccc(OC(C)C)cc2)SC1=S. The molecule has 0 bridgehead atoms. The Morgan fingerprint density at radius 3 is 2.41 bits per heavy atom. The number of rotatable bonds is 12. The van der Waals surface area contributed by atoms with Crippen molar-refractivity contribution >= 4 is 40.3 Å². The van der Waals surface area contributed by atoms with Gasteiger partial charge in [0.15, 0.2) is 0 Å². The van der Waals surface area contributed by atoms with Crippen molar-refractivity contribution in [2.75, 3.05) is 6.54 Å². The fourth-order valence-electron chi connectivity index (χ4n) is 4.28. The van der Waals surface area contributed by atoms with Gasteiger partial charge >= 0.3 is 0 Å². The Hall–Kier alpha value is -2.90. The van der Waals surface area contributed by atoms with Crippen LogP contribution in [-0.2, 0) is 4.79 Å². The molecule has 1 fully saturated rings. The first kappa shape index (κ1) is 27.1. The van der Waals surface area contributed by atoms with Crippen LogP contribution in [0.4, 0.5) is 0 Å². The van der Waals surface area contributed by atoms with E-state index in [0.717, 1.165) is 41.1 Å². The van der Waals surface area contributed by atoms with Gasteiger partial charge in [-0.3, -0.25) is 9.69 Å². The molecule has 0 radical (unpaired) electrons. The molecular weight excluding hydrogens is 498 g/mol. The average molecular weight is 534 g/mol. The van der Waals surface area contributed by atoms with E-state index < -0.39 is 0 Å². The third kappa shape index (κ3) is 7.11. The lowest BCUT2D eigenvalue weighted by molar-refractivity contribution is -0.122. The molecule has 4 rings (SSSR count). The molecule has 0 atom stereocenters. The zero-order valence-electron chi connectivity index (χ0n) is 21.9. The topological polar surface area (TPSA) is 47.4 Å². The normalized spacial score (nSPS) is 14.8. The lowest BCUT2D eigenvalue weighted by atomic mass is 10.1. The minimum absolute atomic E-state index is 0.0114. The second-order valence-corrected chi connectivity index (χ2v) is 11.2. The zero-order valence-corrected chi connectivity index (χ0v) is 23.5. The third-order valence-electron chi connectivity index (χ3n) is 6.16. The van der Waals surface area contributed by atoms with Crippen molar-refractivity contribution in [2.24, 2.45) is 0 Å². The van der Waals surface area contributed by atoms with Gasteiger partial charge in [-0.05, 0) is 62.7 Å². The van der Waals surface area contributed by atoms with Crippen LogP contribution >= 0.6 is 24.0 Å². The van der Waals surface area contributed by atoms with Crippen LogP contribution < -0.4 is 4.74 Å². The first-order valence-electron chi connectivity index (χ1n) is 13.1. The van der Waals surface area contributed by atoms with Crippen LogP contribution in [-0.4, -0.2) is 37.6 Å². The van der Waals surface area contributed by atoms with Crippen LogP contribution in [0.5, 0.6) is 5.75 Å². The molecule has 2 aromatic carbocycles. The number of carbonyl (C=O) groups excluding carboxylic acids is 1. The van der Waals surface area contributed by atoms with E-state index in [0.29, 0.717) is 15.8 Å². The highest BCUT2D eigenvalue weighted by Gasteiger charge is 2.32. The molecule has 194 valence electrons. The zero-order chi connectivity index (χ0) is 26.2. The summed E-state index contributed by atoms with van der Waals surface area (Å²) in [7, 11) is 0. The number of carbonyl (C=O) groups is 1. The number of ether oxygens (including phenoxy) is 1. The summed E-state index contributed by atoms with van der Waals surface area (Å²) in [4.78, 5) is 15.7. The van der Waals surface area contributed by atoms with E-state index in [2.05, 4.69) is 6.92 Å². The standard InChI is InChI=1S/C30H35N3O2S2/c1-4-5-6-7-8-12-19-32-29(34)27(37-30(32)36)20-24-21-33(25-13-10-9-11-14-25)31-28(24)23-15-17-26(18-16-23)35-22(2)3/h9-11,13-18,20-22H,4-8,12,19H2,1-3H3. The van der Waals surface area contributed by atoms with Gasteiger partial charge in [0, 0.05) is 23.9 Å². The molecule has 0 N–H and O–H groups in total. The predicted octanol–water partition coefficient (Wildman–Crippen LogP) is 7.89. The van der Waals surface area contributed by atoms with Gasteiger partial charge in [0.1, 0.15) is 10.1 Å². The highest BCUT2D eigenvalue weighted by molar-refractivity contribution is 8.26. The quantitative estimate of drug-likeness (QED) is 0.135. The molecule has 7 heteroatoms. The van der Waals surface area contributed by atoms with Crippen molar-refractivity contribution in [2.45, 2.75) is 65.4 Å². The van der Waals surface area contributed by atoms with Gasteiger partial charge in [-0.15, -0.1) is 0 Å². The molecule has 37 heavy (non-hydrogen) atoms. The summed E-state index contributed by atoms with van der Waals surface area (Å²) in [6.07, 6.45) is 11.1. The summed E-state index contributed by atoms with van der Waals surface area (Å²) >= 11 is 6.96. The third-order valence-corrected chi connectivity index (χ3v) is 7.54. The maximum absolute atomic E-state index is 13.3. The summed E-state index contributed by atoms with van der Waals surface area (Å²) in [5, 5.41) is 4.90. The molecule has 0 aliphatic carbocycles. The molecular formula is C30H35N3O2S2. The summed E-state index contributed by atoms with van der Waals surface area (Å²) < 4.78 is 8.30. The van der Waals surface area contributed by atoms with E-state index in [9.17, 15) is 4.79 Å². The molecule has 5 nitrogen and oxygen atoms in total. The van der Waals surface area contributed by atoms with Gasteiger partial charge in [0.2, 0.25) is 0 Å². The minimum Gasteiger partial charge on any atom is -0.491 e. The number of aromatic nitrogens is 2. The van der Waals surface area contributed by atoms with Crippen LogP contribution in [0.25, 0.3) is 23.0 Å². The predicted molar refractivity (Wildman–Crippen MR) is 158 cm³/mol. The van der Waals surface area contributed by atoms with Crippen LogP contribution in [0.2, 0.25) is 0 Å². The molecule has 1 aliphatic rings. The number of benzene rings is 2. The summed E-state index contributed by atoms with van der Waals surface area (Å²) in [6, 6.07) is 17.9. The molecule has 3 aromatic rings. The van der Waals surface area contributed by atoms with E-state index >= 15 is 0 Å². The highest BCUT2D eigenvalue weighted by atomic mass is 32.2. The maximum Gasteiger partial charge on any atom is 0.266 e. The minimum atomic E-state index is -0.0114. The Bertz CT molecular complexity index is 1230. The van der Waals surface area contributed by atoms with Gasteiger partial charge in [-0.1, -0.05) is 81.2 Å². The molecule has 0 spiro atoms. The van der Waals surface area contributed by atoms with Crippen molar-refractivity contribution in [1.82, 2.24) is 14.7 Å². The van der Waals surface area contributed by atoms with Crippen molar-refractivity contribution in [1.29, 1.82) is 0 Å². The Kier molecular flexibility index (Phi) is 9.58. The monoisotopic (exact) mass is 533 g/mol. The molecule has 0 saturated carbocycles. The first-order valence-corrected chi connectivity index (χ1v) is 14.4. The van der Waals surface area contributed by atoms with Crippen LogP contribution in [0.15, 0.2) is 65.7 Å². The Labute approximate surface area is 229 Å². The van der Waals surface area contributed by atoms with Gasteiger partial charge in [-0.2, -0.15) is 5.10 Å². The summed E-state index contributed by atoms with van der Waals surface area (Å²) in [5.41, 5.74) is 3.60. The van der Waals surface area contributed by atoms with Crippen molar-refractivity contribution in [3.63, 3.8) is 0 Å². The van der Waals surface area contributed by atoms with Gasteiger partial charge < -0.3 is 4.74 Å². The van der Waals surface area contributed by atoms with E-state index in [4.69, 9.17) is 22.1 Å². The average Bonchev–Trinajstić information content (AvgIpc) is 3.43. The molecule has 1 aromatic heterocycles. The number of hydrogen-bond acceptors (Lipinski definition) is 5. The Morgan fingerprint density at radius 1 is 1.00 bits per heavy atom. The lowest BCUT2D eigenvalue weighted by Gasteiger charge is -2.14. The molecule has 1 amide bonds. The largest absolute Gasteiger partial charge is 0.491 e. The van der Waals surface area contributed by atoms with E-state index in [1.54, 1.807) is 4.90 Å². The number of nitrogens with zero attached hydrogens (tertiary/aromatic N) is 3. The second kappa shape index (κ2) is 13.1. The lowest BCUT2D eigenvalue weighted by Crippen LogP contribution is -2.29. The fourth-order valence-corrected chi connectivity index (χ4v) is 5.58. The number of thiocarbonyl (C=S) groups is 1. The summed E-state index contributed by atoms with van der Waals surface area (Å²) in [6.45, 7) is 6.92. The van der Waals surface area contributed by atoms with E-state index in [1.165, 1.54) is 37.4 Å². The number of para-hydroxylation sites is 1. The maximum atomic E-state index is 13.3. The van der Waals surface area contributed by atoms with Gasteiger partial charge in [0.05, 0.1) is 22.4 Å². The number of hydrogen-bond donors (Lipinski definition) is 0. The molecule has 1 aliphatic heterocycles. The highest BCUT2D eigenvalue weighted by Crippen LogP contribution is 2.35. The van der Waals surface area contributed by atoms with Crippen LogP contribution in [0.1, 0.15) is 64.9 Å². The van der Waals surface area contributed by atoms with Crippen molar-refractivity contribution in [3.8, 4) is 22.7 Å². The molecule has 0 unspecified atom stereocenters. The number of thioether (sulfide) groups is 1. The van der Waals surface area contributed by atoms with E-state index in [-0.39, 0.29) is 12.0 Å². The number of amides is 1. The van der Waals surface area contributed by atoms with Crippen molar-refractivity contribution in [3.05, 3.63) is 71.3 Å². The Balaban J connectivity index is 1.58. The van der Waals surface area contributed by atoms with E-state index in [1.807, 2.05) is 85.4 Å². The first-order chi connectivity index (χ1) is 18.0. The molecule has 1 saturated heterocycles. The van der Waals surface area contributed by atoms with Gasteiger partial charge in [0.25, 0.3) is 5.91 Å². The van der Waals surface area contributed by atoms with Gasteiger partial charge in [-0.25, -0.2) is 4.68 Å². The van der Waals surface area contributed by atoms with Crippen LogP contribution in [0, 0.1) is 0 Å². The fraction of sp³-hybridized carbons (Fsp3) is 0.367. The van der Waals surface area contributed by atoms with Crippen LogP contribution in [0.3, 0.4) is 0 Å². The smallest absolute Gasteiger partial charge is 0.266 e. The molecule has 2 heterocycles. The van der Waals surface area contributed by atoms with Crippen molar-refractivity contribution < 1.29 is 9.53 Å². The summed E-state index contributed by atoms with van der Waals surface area (Å²) in [5.74, 6) is 0.806.